The molecule has 1 heterocycles. The second-order valence-corrected chi connectivity index (χ2v) is 5.00. The third-order valence-corrected chi connectivity index (χ3v) is 3.12. The average molecular weight is 288 g/mol. The Hall–Kier alpha value is -2.70. The highest BCUT2D eigenvalue weighted by molar-refractivity contribution is 5.70. The maximum absolute atomic E-state index is 11.7. The molecule has 0 aliphatic heterocycles. The Morgan fingerprint density at radius 1 is 1.19 bits per heavy atom. The van der Waals surface area contributed by atoms with Crippen molar-refractivity contribution in [3.63, 3.8) is 0 Å². The Balaban J connectivity index is 2.60. The molecule has 110 valence electrons. The van der Waals surface area contributed by atoms with Gasteiger partial charge in [0.1, 0.15) is 5.82 Å². The molecule has 7 nitrogen and oxygen atoms in total. The van der Waals surface area contributed by atoms with Gasteiger partial charge in [-0.2, -0.15) is 0 Å². The highest BCUT2D eigenvalue weighted by Gasteiger charge is 2.22. The van der Waals surface area contributed by atoms with E-state index in [0.717, 1.165) is 22.4 Å². The van der Waals surface area contributed by atoms with Crippen molar-refractivity contribution in [2.75, 3.05) is 5.32 Å². The molecule has 0 saturated heterocycles. The highest BCUT2D eigenvalue weighted by Crippen LogP contribution is 2.28. The second-order valence-electron chi connectivity index (χ2n) is 5.00. The van der Waals surface area contributed by atoms with Crippen LogP contribution in [0.1, 0.15) is 22.5 Å². The first-order chi connectivity index (χ1) is 9.79. The van der Waals surface area contributed by atoms with Gasteiger partial charge in [0.05, 0.1) is 4.92 Å². The molecule has 2 N–H and O–H groups in total. The molecule has 0 aliphatic carbocycles. The molecule has 1 aromatic carbocycles. The molecule has 0 spiro atoms. The topological polar surface area (TPSA) is 101 Å². The first-order valence-electron chi connectivity index (χ1n) is 6.39. The number of nitrogens with one attached hydrogen (secondary N) is 2. The lowest BCUT2D eigenvalue weighted by atomic mass is 10.1. The molecule has 0 aliphatic rings. The Morgan fingerprint density at radius 2 is 1.76 bits per heavy atom. The number of nitrogens with zero attached hydrogens (tertiary/aromatic N) is 2. The molecule has 2 rings (SSSR count). The summed E-state index contributed by atoms with van der Waals surface area (Å²) in [5.74, 6) is 0.270. The quantitative estimate of drug-likeness (QED) is 0.668. The van der Waals surface area contributed by atoms with Crippen molar-refractivity contribution in [2.45, 2.75) is 27.7 Å². The minimum Gasteiger partial charge on any atom is -0.334 e. The van der Waals surface area contributed by atoms with E-state index >= 15 is 0 Å². The van der Waals surface area contributed by atoms with Crippen LogP contribution in [0.2, 0.25) is 0 Å². The first-order valence-corrected chi connectivity index (χ1v) is 6.39. The van der Waals surface area contributed by atoms with Crippen molar-refractivity contribution in [2.24, 2.45) is 0 Å². The van der Waals surface area contributed by atoms with Gasteiger partial charge in [0, 0.05) is 5.69 Å². The van der Waals surface area contributed by atoms with Crippen LogP contribution in [0.25, 0.3) is 0 Å². The predicted octanol–water partition coefficient (Wildman–Crippen LogP) is 2.66. The van der Waals surface area contributed by atoms with Crippen LogP contribution in [0.5, 0.6) is 0 Å². The summed E-state index contributed by atoms with van der Waals surface area (Å²) in [7, 11) is 0. The molecule has 21 heavy (non-hydrogen) atoms. The van der Waals surface area contributed by atoms with E-state index in [1.165, 1.54) is 0 Å². The molecule has 1 aromatic heterocycles. The van der Waals surface area contributed by atoms with Gasteiger partial charge < -0.3 is 10.3 Å². The minimum atomic E-state index is -0.766. The largest absolute Gasteiger partial charge is 0.376 e. The van der Waals surface area contributed by atoms with Crippen molar-refractivity contribution in [1.29, 1.82) is 0 Å². The fourth-order valence-corrected chi connectivity index (χ4v) is 2.33. The molecule has 0 radical (unpaired) electrons. The monoisotopic (exact) mass is 288 g/mol. The van der Waals surface area contributed by atoms with Gasteiger partial charge in [-0.1, -0.05) is 17.7 Å². The molecule has 0 atom stereocenters. The number of aromatic nitrogens is 2. The predicted molar refractivity (Wildman–Crippen MR) is 80.2 cm³/mol. The molecule has 0 amide bonds. The summed E-state index contributed by atoms with van der Waals surface area (Å²) in [4.78, 5) is 28.5. The molecule has 2 aromatic rings. The SMILES string of the molecule is Cc1cc(C)c(Nc2nc(C)[nH]c(=O)c2[N+](=O)[O-])c(C)c1. The van der Waals surface area contributed by atoms with Gasteiger partial charge in [0.2, 0.25) is 5.82 Å². The fourth-order valence-electron chi connectivity index (χ4n) is 2.33. The number of aromatic amines is 1. The van der Waals surface area contributed by atoms with E-state index in [9.17, 15) is 14.9 Å². The number of aryl methyl sites for hydroxylation is 4. The number of anilines is 2. The van der Waals surface area contributed by atoms with Crippen LogP contribution in [-0.2, 0) is 0 Å². The Labute approximate surface area is 121 Å². The van der Waals surface area contributed by atoms with E-state index in [4.69, 9.17) is 0 Å². The molecular formula is C14H16N4O3. The van der Waals surface area contributed by atoms with Crippen molar-refractivity contribution in [3.05, 3.63) is 55.1 Å². The standard InChI is InChI=1S/C14H16N4O3/c1-7-5-8(2)11(9(3)6-7)17-13-12(18(20)21)14(19)16-10(4)15-13/h5-6H,1-4H3,(H2,15,16,17,19). The van der Waals surface area contributed by atoms with Gasteiger partial charge in [0.15, 0.2) is 0 Å². The molecule has 0 bridgehead atoms. The van der Waals surface area contributed by atoms with Gasteiger partial charge in [-0.05, 0) is 38.8 Å². The lowest BCUT2D eigenvalue weighted by molar-refractivity contribution is -0.385. The fraction of sp³-hybridized carbons (Fsp3) is 0.286. The number of benzene rings is 1. The van der Waals surface area contributed by atoms with Crippen LogP contribution >= 0.6 is 0 Å². The zero-order chi connectivity index (χ0) is 15.7. The number of H-pyrrole nitrogens is 1. The van der Waals surface area contributed by atoms with Gasteiger partial charge in [0.25, 0.3) is 0 Å². The zero-order valence-electron chi connectivity index (χ0n) is 12.3. The lowest BCUT2D eigenvalue weighted by Crippen LogP contribution is -2.17. The lowest BCUT2D eigenvalue weighted by Gasteiger charge is -2.13. The first kappa shape index (κ1) is 14.7. The zero-order valence-corrected chi connectivity index (χ0v) is 12.3. The second kappa shape index (κ2) is 5.35. The van der Waals surface area contributed by atoms with Crippen LogP contribution in [0.15, 0.2) is 16.9 Å². The maximum atomic E-state index is 11.7. The minimum absolute atomic E-state index is 0.0451. The van der Waals surface area contributed by atoms with Gasteiger partial charge in [-0.3, -0.25) is 14.9 Å². The van der Waals surface area contributed by atoms with Crippen LogP contribution in [0.4, 0.5) is 17.2 Å². The number of hydrogen-bond donors (Lipinski definition) is 2. The van der Waals surface area contributed by atoms with E-state index in [1.54, 1.807) is 6.92 Å². The summed E-state index contributed by atoms with van der Waals surface area (Å²) in [6.45, 7) is 7.34. The summed E-state index contributed by atoms with van der Waals surface area (Å²) in [6, 6.07) is 3.92. The molecule has 0 fully saturated rings. The molecular weight excluding hydrogens is 272 g/mol. The van der Waals surface area contributed by atoms with Crippen molar-refractivity contribution in [3.8, 4) is 0 Å². The van der Waals surface area contributed by atoms with E-state index in [0.29, 0.717) is 5.82 Å². The molecule has 0 unspecified atom stereocenters. The van der Waals surface area contributed by atoms with Crippen LogP contribution in [0.3, 0.4) is 0 Å². The molecule has 0 saturated carbocycles. The summed E-state index contributed by atoms with van der Waals surface area (Å²) >= 11 is 0. The van der Waals surface area contributed by atoms with Crippen molar-refractivity contribution < 1.29 is 4.92 Å². The summed E-state index contributed by atoms with van der Waals surface area (Å²) in [6.07, 6.45) is 0. The van der Waals surface area contributed by atoms with Gasteiger partial charge in [-0.15, -0.1) is 0 Å². The smallest absolute Gasteiger partial charge is 0.334 e. The van der Waals surface area contributed by atoms with Crippen LogP contribution in [-0.4, -0.2) is 14.9 Å². The summed E-state index contributed by atoms with van der Waals surface area (Å²) in [5.41, 5.74) is 2.33. The maximum Gasteiger partial charge on any atom is 0.376 e. The van der Waals surface area contributed by atoms with Crippen LogP contribution in [0, 0.1) is 37.8 Å². The summed E-state index contributed by atoms with van der Waals surface area (Å²) < 4.78 is 0. The van der Waals surface area contributed by atoms with Crippen LogP contribution < -0.4 is 10.9 Å². The normalized spacial score (nSPS) is 10.5. The van der Waals surface area contributed by atoms with Gasteiger partial charge in [-0.25, -0.2) is 4.98 Å². The Kier molecular flexibility index (Phi) is 3.75. The Bertz CT molecular complexity index is 757. The average Bonchev–Trinajstić information content (AvgIpc) is 2.32. The van der Waals surface area contributed by atoms with E-state index in [-0.39, 0.29) is 5.82 Å². The number of hydrogen-bond acceptors (Lipinski definition) is 5. The van der Waals surface area contributed by atoms with E-state index in [2.05, 4.69) is 15.3 Å². The van der Waals surface area contributed by atoms with Crippen molar-refractivity contribution in [1.82, 2.24) is 9.97 Å². The van der Waals surface area contributed by atoms with E-state index in [1.807, 2.05) is 32.9 Å². The summed E-state index contributed by atoms with van der Waals surface area (Å²) in [5, 5.41) is 14.0. The molecule has 7 heteroatoms. The van der Waals surface area contributed by atoms with E-state index < -0.39 is 16.2 Å². The number of nitro groups is 1. The highest BCUT2D eigenvalue weighted by atomic mass is 16.6. The third-order valence-electron chi connectivity index (χ3n) is 3.12. The number of rotatable bonds is 3. The van der Waals surface area contributed by atoms with Crippen molar-refractivity contribution >= 4 is 17.2 Å². The van der Waals surface area contributed by atoms with Gasteiger partial charge >= 0.3 is 11.2 Å². The Morgan fingerprint density at radius 3 is 2.29 bits per heavy atom. The third kappa shape index (κ3) is 2.91.